The van der Waals surface area contributed by atoms with Crippen LogP contribution in [-0.4, -0.2) is 21.7 Å². The van der Waals surface area contributed by atoms with Gasteiger partial charge in [0, 0.05) is 0 Å². The fraction of sp³-hybridized carbons (Fsp3) is 1.00. The molecule has 0 aromatic heterocycles. The summed E-state index contributed by atoms with van der Waals surface area (Å²) in [7, 11) is 0. The van der Waals surface area contributed by atoms with E-state index in [4.69, 9.17) is 0 Å². The van der Waals surface area contributed by atoms with Gasteiger partial charge in [-0.3, -0.25) is 0 Å². The maximum atomic E-state index is 2.34. The molecule has 0 aliphatic rings. The van der Waals surface area contributed by atoms with Crippen molar-refractivity contribution < 1.29 is 17.0 Å². The Labute approximate surface area is 82.0 Å². The summed E-state index contributed by atoms with van der Waals surface area (Å²) >= 11 is 2.09. The largest absolute Gasteiger partial charge is 1.00 e. The van der Waals surface area contributed by atoms with Gasteiger partial charge in [-0.25, -0.2) is 0 Å². The number of rotatable bonds is 4. The fourth-order valence-corrected chi connectivity index (χ4v) is 0.986. The van der Waals surface area contributed by atoms with Crippen molar-refractivity contribution in [2.45, 2.75) is 37.7 Å². The van der Waals surface area contributed by atoms with Crippen molar-refractivity contribution >= 4 is 21.7 Å². The molecule has 0 heterocycles. The van der Waals surface area contributed by atoms with Gasteiger partial charge in [-0.15, -0.1) is 0 Å². The van der Waals surface area contributed by atoms with E-state index in [0.717, 1.165) is 5.92 Å². The Morgan fingerprint density at radius 3 is 2.33 bits per heavy atom. The van der Waals surface area contributed by atoms with Gasteiger partial charge in [0.1, 0.15) is 0 Å². The number of hydrogen-bond donors (Lipinski definition) is 0. The van der Waals surface area contributed by atoms with Crippen LogP contribution >= 0.6 is 0 Å². The van der Waals surface area contributed by atoms with Crippen LogP contribution in [0.15, 0.2) is 0 Å². The Morgan fingerprint density at radius 2 is 2.00 bits per heavy atom. The number of unbranched alkanes of at least 4 members (excludes halogenated alkanes) is 1. The van der Waals surface area contributed by atoms with E-state index in [1.807, 2.05) is 0 Å². The Bertz CT molecular complexity index is 48.2. The minimum atomic E-state index is 0. The molecule has 0 N–H and O–H groups in total. The molecule has 52 valence electrons. The Morgan fingerprint density at radius 1 is 1.44 bits per heavy atom. The summed E-state index contributed by atoms with van der Waals surface area (Å²) in [4.78, 5) is 0. The first-order chi connectivity index (χ1) is 3.81. The summed E-state index contributed by atoms with van der Waals surface area (Å²) in [6.07, 6.45) is 4.20. The molecule has 1 atom stereocenters. The predicted molar refractivity (Wildman–Crippen MR) is 39.3 cm³/mol. The van der Waals surface area contributed by atoms with Gasteiger partial charge >= 0.3 is 65.3 Å². The van der Waals surface area contributed by atoms with Crippen LogP contribution in [0.3, 0.4) is 0 Å². The molecule has 0 spiro atoms. The maximum Gasteiger partial charge on any atom is -1.00 e. The molecule has 0 radical (unpaired) electrons. The topological polar surface area (TPSA) is 0 Å². The average Bonchev–Trinajstić information content (AvgIpc) is 1.83. The predicted octanol–water partition coefficient (Wildman–Crippen LogP) is -0.596. The zero-order valence-electron chi connectivity index (χ0n) is 6.49. The molecule has 0 nitrogen and oxygen atoms in total. The Kier molecular flexibility index (Phi) is 13.2. The summed E-state index contributed by atoms with van der Waals surface area (Å²) in [5.74, 6) is 0.966. The average molecular weight is 203 g/mol. The normalized spacial score (nSPS) is 12.4. The summed E-state index contributed by atoms with van der Waals surface area (Å²) in [5, 5.41) is 0. The zero-order valence-corrected chi connectivity index (χ0v) is 9.49. The third-order valence-corrected chi connectivity index (χ3v) is 2.53. The van der Waals surface area contributed by atoms with E-state index in [9.17, 15) is 0 Å². The van der Waals surface area contributed by atoms with Crippen LogP contribution in [0, 0.1) is 5.92 Å². The molecule has 0 saturated carbocycles. The van der Waals surface area contributed by atoms with Gasteiger partial charge in [-0.05, 0) is 0 Å². The van der Waals surface area contributed by atoms with E-state index in [0.29, 0.717) is 0 Å². The monoisotopic (exact) mass is 202 g/mol. The molecular formula is C7H15BrMg. The first-order valence-corrected chi connectivity index (χ1v) is 4.60. The van der Waals surface area contributed by atoms with Crippen LogP contribution in [0.1, 0.15) is 33.1 Å². The van der Waals surface area contributed by atoms with Crippen LogP contribution < -0.4 is 17.0 Å². The quantitative estimate of drug-likeness (QED) is 0.536. The molecule has 1 unspecified atom stereocenters. The molecule has 0 saturated heterocycles. The van der Waals surface area contributed by atoms with Crippen molar-refractivity contribution in [3.8, 4) is 0 Å². The first-order valence-electron chi connectivity index (χ1n) is 3.60. The van der Waals surface area contributed by atoms with Crippen molar-refractivity contribution in [3.05, 3.63) is 0 Å². The number of hydrogen-bond acceptors (Lipinski definition) is 0. The van der Waals surface area contributed by atoms with Crippen LogP contribution in [0.2, 0.25) is 4.55 Å². The van der Waals surface area contributed by atoms with Gasteiger partial charge in [-0.1, -0.05) is 0 Å². The van der Waals surface area contributed by atoms with E-state index in [2.05, 4.69) is 35.6 Å². The molecule has 0 aliphatic heterocycles. The van der Waals surface area contributed by atoms with Crippen molar-refractivity contribution in [1.82, 2.24) is 0 Å². The van der Waals surface area contributed by atoms with Gasteiger partial charge in [0.05, 0.1) is 0 Å². The molecule has 9 heavy (non-hydrogen) atoms. The van der Waals surface area contributed by atoms with Gasteiger partial charge in [0.25, 0.3) is 0 Å². The Hall–Kier alpha value is 1.25. The van der Waals surface area contributed by atoms with Gasteiger partial charge in [0.2, 0.25) is 0 Å². The molecule has 0 bridgehead atoms. The molecule has 2 heteroatoms. The summed E-state index contributed by atoms with van der Waals surface area (Å²) in [6.45, 7) is 4.59. The van der Waals surface area contributed by atoms with Crippen molar-refractivity contribution in [3.63, 3.8) is 0 Å². The Balaban J connectivity index is 0. The van der Waals surface area contributed by atoms with E-state index >= 15 is 0 Å². The van der Waals surface area contributed by atoms with E-state index in [-0.39, 0.29) is 17.0 Å². The number of halogens is 1. The third-order valence-electron chi connectivity index (χ3n) is 1.54. The molecule has 0 rings (SSSR count). The molecular weight excluding hydrogens is 188 g/mol. The maximum absolute atomic E-state index is 2.34. The van der Waals surface area contributed by atoms with Crippen molar-refractivity contribution in [2.75, 3.05) is 0 Å². The third kappa shape index (κ3) is 9.25. The second kappa shape index (κ2) is 9.25. The van der Waals surface area contributed by atoms with Gasteiger partial charge in [-0.2, -0.15) is 0 Å². The van der Waals surface area contributed by atoms with Crippen LogP contribution in [0.5, 0.6) is 0 Å². The smallest absolute Gasteiger partial charge is 1.00 e. The molecule has 0 fully saturated rings. The standard InChI is InChI=1S/C7H15.BrH.Mg/c1-4-5-6-7(2)3;;/h7H,2,4-6H2,1,3H3;1H;/q;;+1/p-1. The van der Waals surface area contributed by atoms with E-state index in [1.54, 1.807) is 0 Å². The minimum absolute atomic E-state index is 0. The van der Waals surface area contributed by atoms with Crippen molar-refractivity contribution in [2.24, 2.45) is 5.92 Å². The molecule has 0 aromatic carbocycles. The SMILES string of the molecule is CCCCC(C)[CH2][Mg+].[Br-]. The summed E-state index contributed by atoms with van der Waals surface area (Å²) in [6, 6.07) is 0. The van der Waals surface area contributed by atoms with Gasteiger partial charge < -0.3 is 17.0 Å². The molecule has 0 aromatic rings. The van der Waals surface area contributed by atoms with Crippen LogP contribution in [0.25, 0.3) is 0 Å². The van der Waals surface area contributed by atoms with Gasteiger partial charge in [0.15, 0.2) is 0 Å². The molecule has 0 amide bonds. The fourth-order valence-electron chi connectivity index (χ4n) is 0.697. The first kappa shape index (κ1) is 12.9. The second-order valence-corrected chi connectivity index (χ2v) is 3.11. The van der Waals surface area contributed by atoms with Crippen LogP contribution in [-0.2, 0) is 0 Å². The van der Waals surface area contributed by atoms with Crippen molar-refractivity contribution in [1.29, 1.82) is 0 Å². The minimum Gasteiger partial charge on any atom is -1.00 e. The molecule has 0 aliphatic carbocycles. The van der Waals surface area contributed by atoms with E-state index in [1.165, 1.54) is 23.8 Å². The van der Waals surface area contributed by atoms with Crippen LogP contribution in [0.4, 0.5) is 0 Å². The summed E-state index contributed by atoms with van der Waals surface area (Å²) in [5.41, 5.74) is 0. The summed E-state index contributed by atoms with van der Waals surface area (Å²) < 4.78 is 1.38. The zero-order chi connectivity index (χ0) is 6.41. The van der Waals surface area contributed by atoms with E-state index < -0.39 is 0 Å². The second-order valence-electron chi connectivity index (χ2n) is 2.54.